The van der Waals surface area contributed by atoms with Crippen molar-refractivity contribution in [3.05, 3.63) is 49.6 Å². The summed E-state index contributed by atoms with van der Waals surface area (Å²) in [5.41, 5.74) is 0.576. The predicted molar refractivity (Wildman–Crippen MR) is 108 cm³/mol. The first-order valence-electron chi connectivity index (χ1n) is 8.84. The van der Waals surface area contributed by atoms with Gasteiger partial charge in [0.2, 0.25) is 0 Å². The summed E-state index contributed by atoms with van der Waals surface area (Å²) in [5, 5.41) is 18.3. The molecule has 1 aromatic carbocycles. The summed E-state index contributed by atoms with van der Waals surface area (Å²) >= 11 is 0. The molecule has 178 valence electrons. The molecule has 0 amide bonds. The predicted octanol–water partition coefficient (Wildman–Crippen LogP) is 1.18. The molecule has 1 unspecified atom stereocenters. The molecule has 0 aromatic heterocycles. The summed E-state index contributed by atoms with van der Waals surface area (Å²) in [6, 6.07) is 4.30. The lowest BCUT2D eigenvalue weighted by atomic mass is 10.1. The lowest BCUT2D eigenvalue weighted by molar-refractivity contribution is -0.789. The highest BCUT2D eigenvalue weighted by Gasteiger charge is 2.23. The molecule has 1 aromatic rings. The van der Waals surface area contributed by atoms with Crippen molar-refractivity contribution >= 4 is 31.6 Å². The highest BCUT2D eigenvalue weighted by molar-refractivity contribution is 8.71. The minimum atomic E-state index is -3.31. The Kier molecular flexibility index (Phi) is 10.6. The molecule has 0 N–H and O–H groups in total. The fourth-order valence-corrected chi connectivity index (χ4v) is 3.75. The third kappa shape index (κ3) is 10.8. The summed E-state index contributed by atoms with van der Waals surface area (Å²) in [7, 11) is -2.72. The summed E-state index contributed by atoms with van der Waals surface area (Å²) in [5.74, 6) is -2.20. The van der Waals surface area contributed by atoms with Crippen LogP contribution in [0.3, 0.4) is 0 Å². The number of ether oxygens (including phenoxy) is 2. The average molecular weight is 496 g/mol. The maximum atomic E-state index is 12.4. The SMILES string of the molecule is CCc1ccc(OC(=O)CC(CO[N+](=O)[O-])O[N+](=O)[O-])c(C(=O)OCCSS(C)(=O)=O)c1. The van der Waals surface area contributed by atoms with Crippen LogP contribution in [0.25, 0.3) is 0 Å². The molecular formula is C16H20N2O12S2. The van der Waals surface area contributed by atoms with Gasteiger partial charge in [-0.05, 0) is 34.9 Å². The minimum absolute atomic E-state index is 0.0104. The summed E-state index contributed by atoms with van der Waals surface area (Å²) in [6.07, 6.45) is -0.866. The molecule has 0 aliphatic carbocycles. The van der Waals surface area contributed by atoms with Crippen molar-refractivity contribution in [1.29, 1.82) is 0 Å². The maximum Gasteiger partial charge on any atom is 0.341 e. The Morgan fingerprint density at radius 1 is 1.19 bits per heavy atom. The largest absolute Gasteiger partial charge is 0.461 e. The van der Waals surface area contributed by atoms with E-state index in [0.717, 1.165) is 6.26 Å². The first-order valence-corrected chi connectivity index (χ1v) is 12.2. The van der Waals surface area contributed by atoms with Gasteiger partial charge < -0.3 is 19.1 Å². The van der Waals surface area contributed by atoms with Crippen LogP contribution >= 0.6 is 10.8 Å². The van der Waals surface area contributed by atoms with Crippen molar-refractivity contribution in [1.82, 2.24) is 0 Å². The molecule has 1 rings (SSSR count). The van der Waals surface area contributed by atoms with Crippen LogP contribution < -0.4 is 4.74 Å². The fraction of sp³-hybridized carbons (Fsp3) is 0.500. The van der Waals surface area contributed by atoms with Crippen molar-refractivity contribution in [2.45, 2.75) is 25.9 Å². The fourth-order valence-electron chi connectivity index (χ4n) is 2.19. The van der Waals surface area contributed by atoms with Crippen LogP contribution in [0.5, 0.6) is 5.75 Å². The van der Waals surface area contributed by atoms with Gasteiger partial charge >= 0.3 is 11.9 Å². The second-order valence-electron chi connectivity index (χ2n) is 5.99. The number of hydrogen-bond acceptors (Lipinski definition) is 13. The molecule has 1 atom stereocenters. The number of esters is 2. The molecule has 0 bridgehead atoms. The number of carbonyl (C=O) groups excluding carboxylic acids is 2. The van der Waals surface area contributed by atoms with E-state index in [9.17, 15) is 38.2 Å². The molecule has 0 saturated heterocycles. The van der Waals surface area contributed by atoms with Gasteiger partial charge in [0.15, 0.2) is 8.87 Å². The molecule has 0 fully saturated rings. The lowest BCUT2D eigenvalue weighted by Gasteiger charge is -2.14. The van der Waals surface area contributed by atoms with Crippen molar-refractivity contribution < 1.29 is 47.3 Å². The van der Waals surface area contributed by atoms with Crippen LogP contribution in [0, 0.1) is 20.2 Å². The quantitative estimate of drug-likeness (QED) is 0.0891. The van der Waals surface area contributed by atoms with Gasteiger partial charge in [-0.15, -0.1) is 20.2 Å². The molecule has 0 saturated carbocycles. The zero-order valence-electron chi connectivity index (χ0n) is 17.0. The molecule has 0 aliphatic rings. The van der Waals surface area contributed by atoms with Crippen LogP contribution in [0.4, 0.5) is 0 Å². The van der Waals surface area contributed by atoms with Crippen LogP contribution in [0.1, 0.15) is 29.3 Å². The van der Waals surface area contributed by atoms with Crippen LogP contribution in [-0.4, -0.2) is 61.9 Å². The molecule has 0 heterocycles. The average Bonchev–Trinajstić information content (AvgIpc) is 2.68. The van der Waals surface area contributed by atoms with Crippen molar-refractivity contribution in [2.75, 3.05) is 25.2 Å². The van der Waals surface area contributed by atoms with Gasteiger partial charge in [-0.3, -0.25) is 4.79 Å². The van der Waals surface area contributed by atoms with Gasteiger partial charge in [-0.1, -0.05) is 13.0 Å². The number of hydrogen-bond donors (Lipinski definition) is 0. The Hall–Kier alpha value is -3.14. The van der Waals surface area contributed by atoms with Gasteiger partial charge in [-0.25, -0.2) is 13.2 Å². The zero-order valence-corrected chi connectivity index (χ0v) is 18.6. The zero-order chi connectivity index (χ0) is 24.3. The molecule has 32 heavy (non-hydrogen) atoms. The third-order valence-electron chi connectivity index (χ3n) is 3.51. The number of aryl methyl sites for hydroxylation is 1. The lowest BCUT2D eigenvalue weighted by Crippen LogP contribution is -2.29. The van der Waals surface area contributed by atoms with Crippen LogP contribution in [0.2, 0.25) is 0 Å². The van der Waals surface area contributed by atoms with E-state index in [-0.39, 0.29) is 23.7 Å². The van der Waals surface area contributed by atoms with E-state index in [0.29, 0.717) is 22.8 Å². The van der Waals surface area contributed by atoms with Crippen molar-refractivity contribution in [2.24, 2.45) is 0 Å². The van der Waals surface area contributed by atoms with Crippen LogP contribution in [0.15, 0.2) is 18.2 Å². The van der Waals surface area contributed by atoms with Gasteiger partial charge in [0.25, 0.3) is 10.2 Å². The Labute approximate surface area is 185 Å². The van der Waals surface area contributed by atoms with E-state index in [2.05, 4.69) is 9.68 Å². The van der Waals surface area contributed by atoms with Crippen molar-refractivity contribution in [3.8, 4) is 5.75 Å². The monoisotopic (exact) mass is 496 g/mol. The van der Waals surface area contributed by atoms with E-state index in [1.54, 1.807) is 6.07 Å². The van der Waals surface area contributed by atoms with E-state index < -0.39 is 50.1 Å². The van der Waals surface area contributed by atoms with Gasteiger partial charge in [0.05, 0.1) is 6.42 Å². The number of nitrogens with zero attached hydrogens (tertiary/aromatic N) is 2. The van der Waals surface area contributed by atoms with Gasteiger partial charge in [0.1, 0.15) is 30.6 Å². The van der Waals surface area contributed by atoms with E-state index >= 15 is 0 Å². The Morgan fingerprint density at radius 2 is 1.88 bits per heavy atom. The Bertz CT molecular complexity index is 950. The maximum absolute atomic E-state index is 12.4. The number of carbonyl (C=O) groups is 2. The Morgan fingerprint density at radius 3 is 2.44 bits per heavy atom. The smallest absolute Gasteiger partial charge is 0.341 e. The van der Waals surface area contributed by atoms with Crippen molar-refractivity contribution in [3.63, 3.8) is 0 Å². The Balaban J connectivity index is 2.89. The molecule has 0 radical (unpaired) electrons. The van der Waals surface area contributed by atoms with E-state index in [4.69, 9.17) is 9.47 Å². The van der Waals surface area contributed by atoms with Gasteiger partial charge in [0, 0.05) is 12.0 Å². The standard InChI is InChI=1S/C16H20N2O12S2/c1-3-11-4-5-14(13(8-11)16(20)27-6-7-31-32(2,25)26)29-15(19)9-12(30-18(23)24)10-28-17(21)22/h4-5,8,12H,3,6-7,9-10H2,1-2H3. The normalized spacial score (nSPS) is 11.8. The second-order valence-corrected chi connectivity index (χ2v) is 10.6. The first-order chi connectivity index (χ1) is 14.9. The first kappa shape index (κ1) is 26.9. The number of benzene rings is 1. The molecule has 0 spiro atoms. The molecule has 14 nitrogen and oxygen atoms in total. The highest BCUT2D eigenvalue weighted by atomic mass is 33.1. The van der Waals surface area contributed by atoms with E-state index in [1.165, 1.54) is 12.1 Å². The van der Waals surface area contributed by atoms with Gasteiger partial charge in [-0.2, -0.15) is 0 Å². The minimum Gasteiger partial charge on any atom is -0.461 e. The highest BCUT2D eigenvalue weighted by Crippen LogP contribution is 2.23. The summed E-state index contributed by atoms with van der Waals surface area (Å²) in [6.45, 7) is 0.690. The summed E-state index contributed by atoms with van der Waals surface area (Å²) < 4.78 is 32.3. The second kappa shape index (κ2) is 12.7. The topological polar surface area (TPSA) is 191 Å². The summed E-state index contributed by atoms with van der Waals surface area (Å²) in [4.78, 5) is 53.5. The van der Waals surface area contributed by atoms with Crippen LogP contribution in [-0.2, 0) is 34.5 Å². The molecule has 16 heteroatoms. The third-order valence-corrected chi connectivity index (χ3v) is 6.05. The van der Waals surface area contributed by atoms with E-state index in [1.807, 2.05) is 6.92 Å². The molecule has 0 aliphatic heterocycles. The molecular weight excluding hydrogens is 476 g/mol. The number of rotatable bonds is 14.